The molecule has 1 heterocycles. The molecule has 1 aromatic rings. The zero-order chi connectivity index (χ0) is 14.8. The van der Waals surface area contributed by atoms with Gasteiger partial charge in [0.1, 0.15) is 0 Å². The van der Waals surface area contributed by atoms with E-state index in [4.69, 9.17) is 23.2 Å². The molecular formula is C12H17Cl2N3O2S. The number of nitrogens with zero attached hydrogens (tertiary/aromatic N) is 2. The summed E-state index contributed by atoms with van der Waals surface area (Å²) in [6.45, 7) is 2.96. The van der Waals surface area contributed by atoms with Gasteiger partial charge in [-0.2, -0.15) is 12.7 Å². The Morgan fingerprint density at radius 1 is 1.20 bits per heavy atom. The molecule has 0 aliphatic carbocycles. The zero-order valence-corrected chi connectivity index (χ0v) is 13.5. The quantitative estimate of drug-likeness (QED) is 0.907. The van der Waals surface area contributed by atoms with E-state index in [0.717, 1.165) is 5.56 Å². The zero-order valence-electron chi connectivity index (χ0n) is 11.1. The summed E-state index contributed by atoms with van der Waals surface area (Å²) < 4.78 is 27.1. The Hall–Kier alpha value is -0.370. The number of hydrogen-bond donors (Lipinski definition) is 1. The minimum atomic E-state index is -3.32. The van der Waals surface area contributed by atoms with Crippen molar-refractivity contribution in [1.82, 2.24) is 13.9 Å². The largest absolute Gasteiger partial charge is 0.296 e. The molecule has 0 unspecified atom stereocenters. The molecule has 1 N–H and O–H groups in total. The average molecular weight is 338 g/mol. The van der Waals surface area contributed by atoms with Crippen LogP contribution >= 0.6 is 23.2 Å². The van der Waals surface area contributed by atoms with Gasteiger partial charge in [-0.3, -0.25) is 4.90 Å². The van der Waals surface area contributed by atoms with Gasteiger partial charge in [0.15, 0.2) is 0 Å². The molecule has 1 fully saturated rings. The van der Waals surface area contributed by atoms with Crippen molar-refractivity contribution in [3.63, 3.8) is 0 Å². The molecule has 1 aliphatic heterocycles. The Balaban J connectivity index is 1.97. The summed E-state index contributed by atoms with van der Waals surface area (Å²) in [5.74, 6) is 0. The average Bonchev–Trinajstić information content (AvgIpc) is 2.44. The number of benzene rings is 1. The van der Waals surface area contributed by atoms with Crippen molar-refractivity contribution < 1.29 is 8.42 Å². The van der Waals surface area contributed by atoms with E-state index >= 15 is 0 Å². The number of rotatable bonds is 4. The third-order valence-corrected chi connectivity index (χ3v) is 5.77. The maximum absolute atomic E-state index is 11.7. The molecule has 0 spiro atoms. The summed E-state index contributed by atoms with van der Waals surface area (Å²) in [5, 5.41) is 1.11. The Morgan fingerprint density at radius 3 is 2.45 bits per heavy atom. The van der Waals surface area contributed by atoms with Gasteiger partial charge in [-0.05, 0) is 11.6 Å². The molecule has 1 aromatic carbocycles. The fraction of sp³-hybridized carbons (Fsp3) is 0.500. The number of halogens is 2. The molecule has 1 aliphatic rings. The SMILES string of the molecule is CNS(=O)(=O)N1CCN(Cc2cccc(Cl)c2Cl)CC1. The Labute approximate surface area is 129 Å². The Bertz CT molecular complexity index is 572. The summed E-state index contributed by atoms with van der Waals surface area (Å²) in [7, 11) is -1.90. The van der Waals surface area contributed by atoms with Crippen LogP contribution in [0.3, 0.4) is 0 Å². The van der Waals surface area contributed by atoms with E-state index in [9.17, 15) is 8.42 Å². The maximum Gasteiger partial charge on any atom is 0.279 e. The van der Waals surface area contributed by atoms with Crippen molar-refractivity contribution in [2.24, 2.45) is 0 Å². The van der Waals surface area contributed by atoms with E-state index < -0.39 is 10.2 Å². The van der Waals surface area contributed by atoms with E-state index in [1.54, 1.807) is 6.07 Å². The monoisotopic (exact) mass is 337 g/mol. The van der Waals surface area contributed by atoms with Gasteiger partial charge < -0.3 is 0 Å². The molecule has 5 nitrogen and oxygen atoms in total. The summed E-state index contributed by atoms with van der Waals surface area (Å²) in [6.07, 6.45) is 0. The van der Waals surface area contributed by atoms with Crippen LogP contribution in [0, 0.1) is 0 Å². The van der Waals surface area contributed by atoms with E-state index in [0.29, 0.717) is 42.8 Å². The molecule has 20 heavy (non-hydrogen) atoms. The standard InChI is InChI=1S/C12H17Cl2N3O2S/c1-15-20(18,19)17-7-5-16(6-8-17)9-10-3-2-4-11(13)12(10)14/h2-4,15H,5-9H2,1H3. The lowest BCUT2D eigenvalue weighted by Crippen LogP contribution is -2.51. The van der Waals surface area contributed by atoms with Crippen molar-refractivity contribution >= 4 is 33.4 Å². The molecule has 0 saturated carbocycles. The highest BCUT2D eigenvalue weighted by atomic mass is 35.5. The second-order valence-electron chi connectivity index (χ2n) is 4.60. The molecule has 0 amide bonds. The first-order valence-corrected chi connectivity index (χ1v) is 8.47. The lowest BCUT2D eigenvalue weighted by molar-refractivity contribution is 0.181. The third-order valence-electron chi connectivity index (χ3n) is 3.35. The van der Waals surface area contributed by atoms with Crippen LogP contribution in [0.15, 0.2) is 18.2 Å². The molecular weight excluding hydrogens is 321 g/mol. The minimum absolute atomic E-state index is 0.474. The van der Waals surface area contributed by atoms with Crippen molar-refractivity contribution in [1.29, 1.82) is 0 Å². The highest BCUT2D eigenvalue weighted by Crippen LogP contribution is 2.26. The van der Waals surface area contributed by atoms with Crippen LogP contribution in [0.4, 0.5) is 0 Å². The predicted molar refractivity (Wildman–Crippen MR) is 81.3 cm³/mol. The lowest BCUT2D eigenvalue weighted by atomic mass is 10.2. The van der Waals surface area contributed by atoms with Crippen LogP contribution in [0.2, 0.25) is 10.0 Å². The number of piperazine rings is 1. The van der Waals surface area contributed by atoms with Gasteiger partial charge in [0.25, 0.3) is 10.2 Å². The fourth-order valence-corrected chi connectivity index (χ4v) is 3.45. The number of hydrogen-bond acceptors (Lipinski definition) is 3. The van der Waals surface area contributed by atoms with Gasteiger partial charge in [-0.15, -0.1) is 0 Å². The van der Waals surface area contributed by atoms with Crippen LogP contribution in [-0.4, -0.2) is 50.8 Å². The van der Waals surface area contributed by atoms with Crippen molar-refractivity contribution in [2.75, 3.05) is 33.2 Å². The molecule has 8 heteroatoms. The first-order chi connectivity index (χ1) is 9.44. The first kappa shape index (κ1) is 16.0. The molecule has 112 valence electrons. The van der Waals surface area contributed by atoms with Crippen LogP contribution in [0.1, 0.15) is 5.56 Å². The van der Waals surface area contributed by atoms with Gasteiger partial charge in [-0.25, -0.2) is 4.72 Å². The number of nitrogens with one attached hydrogen (secondary N) is 1. The van der Waals surface area contributed by atoms with Gasteiger partial charge in [-0.1, -0.05) is 35.3 Å². The molecule has 0 aromatic heterocycles. The highest BCUT2D eigenvalue weighted by Gasteiger charge is 2.25. The summed E-state index contributed by atoms with van der Waals surface area (Å²) in [4.78, 5) is 2.17. The Kier molecular flexibility index (Phi) is 5.28. The van der Waals surface area contributed by atoms with Crippen LogP contribution in [-0.2, 0) is 16.8 Å². The molecule has 0 radical (unpaired) electrons. The Morgan fingerprint density at radius 2 is 1.85 bits per heavy atom. The molecule has 1 saturated heterocycles. The second kappa shape index (κ2) is 6.60. The fourth-order valence-electron chi connectivity index (χ4n) is 2.17. The molecule has 0 bridgehead atoms. The second-order valence-corrected chi connectivity index (χ2v) is 7.26. The van der Waals surface area contributed by atoms with E-state index in [-0.39, 0.29) is 0 Å². The predicted octanol–water partition coefficient (Wildman–Crippen LogP) is 1.58. The van der Waals surface area contributed by atoms with Crippen molar-refractivity contribution in [3.8, 4) is 0 Å². The van der Waals surface area contributed by atoms with Crippen molar-refractivity contribution in [3.05, 3.63) is 33.8 Å². The van der Waals surface area contributed by atoms with Crippen LogP contribution < -0.4 is 4.72 Å². The maximum atomic E-state index is 11.7. The van der Waals surface area contributed by atoms with Gasteiger partial charge in [0, 0.05) is 39.8 Å². The smallest absolute Gasteiger partial charge is 0.279 e. The highest BCUT2D eigenvalue weighted by molar-refractivity contribution is 7.87. The van der Waals surface area contributed by atoms with E-state index in [2.05, 4.69) is 9.62 Å². The first-order valence-electron chi connectivity index (χ1n) is 6.28. The van der Waals surface area contributed by atoms with E-state index in [1.807, 2.05) is 12.1 Å². The molecule has 2 rings (SSSR count). The van der Waals surface area contributed by atoms with Gasteiger partial charge in [0.2, 0.25) is 0 Å². The molecule has 0 atom stereocenters. The summed E-state index contributed by atoms with van der Waals surface area (Å²) >= 11 is 12.1. The van der Waals surface area contributed by atoms with E-state index in [1.165, 1.54) is 11.4 Å². The minimum Gasteiger partial charge on any atom is -0.296 e. The normalized spacial score (nSPS) is 18.4. The van der Waals surface area contributed by atoms with Gasteiger partial charge >= 0.3 is 0 Å². The van der Waals surface area contributed by atoms with Crippen LogP contribution in [0.5, 0.6) is 0 Å². The van der Waals surface area contributed by atoms with Gasteiger partial charge in [0.05, 0.1) is 10.0 Å². The van der Waals surface area contributed by atoms with Crippen LogP contribution in [0.25, 0.3) is 0 Å². The summed E-state index contributed by atoms with van der Waals surface area (Å²) in [5.41, 5.74) is 0.962. The van der Waals surface area contributed by atoms with Crippen molar-refractivity contribution in [2.45, 2.75) is 6.54 Å². The third kappa shape index (κ3) is 3.63. The summed E-state index contributed by atoms with van der Waals surface area (Å²) in [6, 6.07) is 5.56. The lowest BCUT2D eigenvalue weighted by Gasteiger charge is -2.33. The topological polar surface area (TPSA) is 52.7 Å².